The van der Waals surface area contributed by atoms with Gasteiger partial charge < -0.3 is 9.88 Å². The lowest BCUT2D eigenvalue weighted by Gasteiger charge is -2.10. The van der Waals surface area contributed by atoms with Crippen LogP contribution in [0.1, 0.15) is 35.7 Å². The molecule has 0 bridgehead atoms. The quantitative estimate of drug-likeness (QED) is 0.787. The summed E-state index contributed by atoms with van der Waals surface area (Å²) in [7, 11) is 0. The van der Waals surface area contributed by atoms with Crippen LogP contribution in [-0.4, -0.2) is 22.0 Å². The molecule has 0 atom stereocenters. The van der Waals surface area contributed by atoms with E-state index >= 15 is 0 Å². The minimum absolute atomic E-state index is 0.0169. The molecular weight excluding hydrogens is 286 g/mol. The van der Waals surface area contributed by atoms with Crippen LogP contribution in [0.2, 0.25) is 0 Å². The highest BCUT2D eigenvalue weighted by Gasteiger charge is 2.21. The van der Waals surface area contributed by atoms with Crippen molar-refractivity contribution in [3.8, 4) is 11.4 Å². The molecule has 2 heterocycles. The summed E-state index contributed by atoms with van der Waals surface area (Å²) < 4.78 is 2.17. The minimum Gasteiger partial charge on any atom is -0.350 e. The number of benzene rings is 2. The second-order valence-electron chi connectivity index (χ2n) is 6.30. The monoisotopic (exact) mass is 305 g/mol. The van der Waals surface area contributed by atoms with E-state index in [2.05, 4.69) is 48.0 Å². The first kappa shape index (κ1) is 14.0. The number of nitrogens with zero attached hydrogens (tertiary/aromatic N) is 2. The summed E-state index contributed by atoms with van der Waals surface area (Å²) in [6.45, 7) is 5.74. The molecule has 1 aliphatic heterocycles. The number of aromatic nitrogens is 2. The van der Waals surface area contributed by atoms with Gasteiger partial charge in [0.15, 0.2) is 0 Å². The topological polar surface area (TPSA) is 46.9 Å². The van der Waals surface area contributed by atoms with Gasteiger partial charge in [-0.2, -0.15) is 0 Å². The van der Waals surface area contributed by atoms with Crippen LogP contribution in [0.15, 0.2) is 42.5 Å². The highest BCUT2D eigenvalue weighted by atomic mass is 16.1. The van der Waals surface area contributed by atoms with Gasteiger partial charge in [0.25, 0.3) is 5.91 Å². The first-order valence-corrected chi connectivity index (χ1v) is 8.03. The van der Waals surface area contributed by atoms with Crippen LogP contribution >= 0.6 is 0 Å². The van der Waals surface area contributed by atoms with Gasteiger partial charge in [-0.15, -0.1) is 0 Å². The molecule has 0 saturated carbocycles. The Bertz CT molecular complexity index is 908. The normalized spacial score (nSPS) is 14.1. The standard InChI is InChI=1S/C19H19N3O/c1-12(2)13-5-3-6-14(11-13)18-21-16-8-4-7-15-17(16)22(18)10-9-20-19(15)23/h3-8,11-12H,9-10H2,1-2H3,(H,20,23). The summed E-state index contributed by atoms with van der Waals surface area (Å²) in [5, 5.41) is 2.96. The van der Waals surface area contributed by atoms with Crippen LogP contribution in [0.3, 0.4) is 0 Å². The van der Waals surface area contributed by atoms with Crippen LogP contribution in [0, 0.1) is 0 Å². The van der Waals surface area contributed by atoms with Crippen molar-refractivity contribution in [1.82, 2.24) is 14.9 Å². The molecule has 1 aliphatic rings. The van der Waals surface area contributed by atoms with Crippen LogP contribution < -0.4 is 5.32 Å². The van der Waals surface area contributed by atoms with Crippen molar-refractivity contribution in [3.63, 3.8) is 0 Å². The van der Waals surface area contributed by atoms with Gasteiger partial charge in [0, 0.05) is 18.7 Å². The molecule has 0 unspecified atom stereocenters. The van der Waals surface area contributed by atoms with Crippen molar-refractivity contribution >= 4 is 16.9 Å². The molecule has 4 rings (SSSR count). The van der Waals surface area contributed by atoms with E-state index in [4.69, 9.17) is 4.98 Å². The number of nitrogens with one attached hydrogen (secondary N) is 1. The lowest BCUT2D eigenvalue weighted by Crippen LogP contribution is -2.24. The van der Waals surface area contributed by atoms with Gasteiger partial charge in [-0.05, 0) is 29.7 Å². The maximum absolute atomic E-state index is 12.2. The maximum Gasteiger partial charge on any atom is 0.253 e. The summed E-state index contributed by atoms with van der Waals surface area (Å²) in [6.07, 6.45) is 0. The average Bonchev–Trinajstić information content (AvgIpc) is 2.84. The third-order valence-corrected chi connectivity index (χ3v) is 4.44. The summed E-state index contributed by atoms with van der Waals surface area (Å²) in [5.74, 6) is 1.39. The molecular formula is C19H19N3O. The Morgan fingerprint density at radius 3 is 2.83 bits per heavy atom. The summed E-state index contributed by atoms with van der Waals surface area (Å²) in [5.41, 5.74) is 4.92. The molecule has 0 aliphatic carbocycles. The predicted molar refractivity (Wildman–Crippen MR) is 91.6 cm³/mol. The third-order valence-electron chi connectivity index (χ3n) is 4.44. The molecule has 3 aromatic rings. The zero-order valence-corrected chi connectivity index (χ0v) is 13.3. The van der Waals surface area contributed by atoms with Gasteiger partial charge in [0.2, 0.25) is 0 Å². The van der Waals surface area contributed by atoms with Crippen LogP contribution in [0.4, 0.5) is 0 Å². The van der Waals surface area contributed by atoms with Gasteiger partial charge in [-0.1, -0.05) is 38.1 Å². The molecule has 4 heteroatoms. The van der Waals surface area contributed by atoms with Gasteiger partial charge in [0.1, 0.15) is 5.82 Å². The van der Waals surface area contributed by atoms with E-state index in [1.807, 2.05) is 18.2 Å². The first-order valence-electron chi connectivity index (χ1n) is 8.03. The van der Waals surface area contributed by atoms with Crippen molar-refractivity contribution in [2.75, 3.05) is 6.54 Å². The highest BCUT2D eigenvalue weighted by Crippen LogP contribution is 2.29. The maximum atomic E-state index is 12.2. The van der Waals surface area contributed by atoms with Crippen molar-refractivity contribution in [2.45, 2.75) is 26.3 Å². The number of amides is 1. The molecule has 1 N–H and O–H groups in total. The predicted octanol–water partition coefficient (Wildman–Crippen LogP) is 3.57. The smallest absolute Gasteiger partial charge is 0.253 e. The van der Waals surface area contributed by atoms with Crippen molar-refractivity contribution in [3.05, 3.63) is 53.6 Å². The number of hydrogen-bond donors (Lipinski definition) is 1. The van der Waals surface area contributed by atoms with Crippen LogP contribution in [-0.2, 0) is 6.54 Å². The molecule has 4 nitrogen and oxygen atoms in total. The zero-order chi connectivity index (χ0) is 16.0. The van der Waals surface area contributed by atoms with Crippen molar-refractivity contribution in [2.24, 2.45) is 0 Å². The fourth-order valence-corrected chi connectivity index (χ4v) is 3.22. The Hall–Kier alpha value is -2.62. The third kappa shape index (κ3) is 2.22. The molecule has 0 saturated heterocycles. The first-order chi connectivity index (χ1) is 11.1. The minimum atomic E-state index is -0.0169. The Kier molecular flexibility index (Phi) is 3.18. The number of para-hydroxylation sites is 1. The molecule has 23 heavy (non-hydrogen) atoms. The fraction of sp³-hybridized carbons (Fsp3) is 0.263. The average molecular weight is 305 g/mol. The van der Waals surface area contributed by atoms with E-state index in [9.17, 15) is 4.79 Å². The van der Waals surface area contributed by atoms with Crippen molar-refractivity contribution < 1.29 is 4.79 Å². The lowest BCUT2D eigenvalue weighted by atomic mass is 10.0. The van der Waals surface area contributed by atoms with Crippen LogP contribution in [0.25, 0.3) is 22.4 Å². The van der Waals surface area contributed by atoms with E-state index in [1.54, 1.807) is 0 Å². The van der Waals surface area contributed by atoms with Gasteiger partial charge in [-0.3, -0.25) is 4.79 Å². The van der Waals surface area contributed by atoms with Gasteiger partial charge in [-0.25, -0.2) is 4.98 Å². The summed E-state index contributed by atoms with van der Waals surface area (Å²) in [4.78, 5) is 17.0. The summed E-state index contributed by atoms with van der Waals surface area (Å²) >= 11 is 0. The molecule has 0 spiro atoms. The van der Waals surface area contributed by atoms with Crippen molar-refractivity contribution in [1.29, 1.82) is 0 Å². The SMILES string of the molecule is CC(C)c1cccc(-c2nc3cccc4c3n2CCNC4=O)c1. The number of hydrogen-bond acceptors (Lipinski definition) is 2. The zero-order valence-electron chi connectivity index (χ0n) is 13.3. The van der Waals surface area contributed by atoms with Gasteiger partial charge >= 0.3 is 0 Å². The van der Waals surface area contributed by atoms with E-state index < -0.39 is 0 Å². The lowest BCUT2D eigenvalue weighted by molar-refractivity contribution is 0.0956. The Morgan fingerprint density at radius 1 is 1.17 bits per heavy atom. The molecule has 116 valence electrons. The fourth-order valence-electron chi connectivity index (χ4n) is 3.22. The summed E-state index contributed by atoms with van der Waals surface area (Å²) in [6, 6.07) is 14.3. The Morgan fingerprint density at radius 2 is 2.00 bits per heavy atom. The second kappa shape index (κ2) is 5.23. The number of imidazole rings is 1. The second-order valence-corrected chi connectivity index (χ2v) is 6.30. The number of rotatable bonds is 2. The molecule has 1 aromatic heterocycles. The number of carbonyl (C=O) groups excluding carboxylic acids is 1. The largest absolute Gasteiger partial charge is 0.350 e. The van der Waals surface area contributed by atoms with E-state index in [0.29, 0.717) is 18.0 Å². The highest BCUT2D eigenvalue weighted by molar-refractivity contribution is 6.06. The molecule has 1 amide bonds. The number of carbonyl (C=O) groups is 1. The molecule has 0 fully saturated rings. The van der Waals surface area contributed by atoms with E-state index in [0.717, 1.165) is 29.0 Å². The van der Waals surface area contributed by atoms with E-state index in [-0.39, 0.29) is 5.91 Å². The van der Waals surface area contributed by atoms with Gasteiger partial charge in [0.05, 0.1) is 16.6 Å². The molecule has 0 radical (unpaired) electrons. The molecule has 2 aromatic carbocycles. The Balaban J connectivity index is 1.98. The van der Waals surface area contributed by atoms with Crippen LogP contribution in [0.5, 0.6) is 0 Å². The van der Waals surface area contributed by atoms with E-state index in [1.165, 1.54) is 5.56 Å². The Labute approximate surface area is 135 Å².